The molecule has 0 aromatic heterocycles. The minimum Gasteiger partial charge on any atom is -0.382 e. The Hall–Kier alpha value is -0.0800. The molecule has 0 unspecified atom stereocenters. The van der Waals surface area contributed by atoms with Crippen LogP contribution in [0.4, 0.5) is 0 Å². The van der Waals surface area contributed by atoms with Crippen LogP contribution in [0.1, 0.15) is 39.5 Å². The molecule has 0 amide bonds. The topological polar surface area (TPSA) is 46.1 Å². The van der Waals surface area contributed by atoms with Gasteiger partial charge in [0.2, 0.25) is 0 Å². The van der Waals surface area contributed by atoms with E-state index >= 15 is 0 Å². The first kappa shape index (κ1) is 22.9. The molecule has 1 aliphatic rings. The molecule has 138 valence electrons. The molecule has 1 rings (SSSR count). The number of rotatable bonds is 9. The van der Waals surface area contributed by atoms with Crippen molar-refractivity contribution in [3.63, 3.8) is 0 Å². The molecule has 0 saturated heterocycles. The number of nitrogens with zero attached hydrogens (tertiary/aromatic N) is 2. The van der Waals surface area contributed by atoms with Crippen LogP contribution in [0.15, 0.2) is 4.99 Å². The van der Waals surface area contributed by atoms with Gasteiger partial charge in [0.05, 0.1) is 26.4 Å². The second-order valence-electron chi connectivity index (χ2n) is 6.35. The Morgan fingerprint density at radius 1 is 1.17 bits per heavy atom. The molecule has 6 heteroatoms. The average Bonchev–Trinajstić information content (AvgIpc) is 2.51. The van der Waals surface area contributed by atoms with Gasteiger partial charge in [0.15, 0.2) is 5.96 Å². The van der Waals surface area contributed by atoms with Gasteiger partial charge in [0.1, 0.15) is 0 Å². The van der Waals surface area contributed by atoms with Crippen LogP contribution in [0.3, 0.4) is 0 Å². The molecular formula is C17H36IN3O2. The first-order valence-electron chi connectivity index (χ1n) is 8.73. The molecule has 23 heavy (non-hydrogen) atoms. The third-order valence-corrected chi connectivity index (χ3v) is 4.29. The molecule has 0 bridgehead atoms. The summed E-state index contributed by atoms with van der Waals surface area (Å²) in [5, 5.41) is 3.38. The summed E-state index contributed by atoms with van der Waals surface area (Å²) in [6, 6.07) is 0. The number of methoxy groups -OCH3 is 1. The fraction of sp³-hybridized carbons (Fsp3) is 0.941. The van der Waals surface area contributed by atoms with Crippen molar-refractivity contribution in [2.45, 2.75) is 39.5 Å². The fourth-order valence-corrected chi connectivity index (χ4v) is 2.92. The minimum atomic E-state index is 0. The van der Waals surface area contributed by atoms with Gasteiger partial charge in [0, 0.05) is 27.2 Å². The summed E-state index contributed by atoms with van der Waals surface area (Å²) >= 11 is 0. The zero-order valence-corrected chi connectivity index (χ0v) is 17.7. The van der Waals surface area contributed by atoms with Crippen LogP contribution in [0.5, 0.6) is 0 Å². The third-order valence-electron chi connectivity index (χ3n) is 4.29. The van der Waals surface area contributed by atoms with E-state index in [1.54, 1.807) is 7.11 Å². The van der Waals surface area contributed by atoms with Crippen LogP contribution in [-0.4, -0.2) is 64.5 Å². The molecule has 0 aromatic carbocycles. The number of ether oxygens (including phenoxy) is 2. The average molecular weight is 441 g/mol. The van der Waals surface area contributed by atoms with Crippen LogP contribution in [0.2, 0.25) is 0 Å². The van der Waals surface area contributed by atoms with Gasteiger partial charge in [-0.15, -0.1) is 24.0 Å². The van der Waals surface area contributed by atoms with Gasteiger partial charge in [-0.1, -0.05) is 19.8 Å². The quantitative estimate of drug-likeness (QED) is 0.259. The van der Waals surface area contributed by atoms with Crippen molar-refractivity contribution in [1.29, 1.82) is 0 Å². The monoisotopic (exact) mass is 441 g/mol. The van der Waals surface area contributed by atoms with E-state index < -0.39 is 0 Å². The first-order valence-corrected chi connectivity index (χ1v) is 8.73. The number of aliphatic imine (C=N–C) groups is 1. The SMILES string of the molecule is CCNC(=NCCOCCOC)N(C)CC1CCC(C)CC1.I. The van der Waals surface area contributed by atoms with E-state index in [9.17, 15) is 0 Å². The maximum Gasteiger partial charge on any atom is 0.193 e. The maximum atomic E-state index is 5.47. The van der Waals surface area contributed by atoms with Gasteiger partial charge in [-0.3, -0.25) is 4.99 Å². The third kappa shape index (κ3) is 10.4. The van der Waals surface area contributed by atoms with Crippen molar-refractivity contribution in [3.8, 4) is 0 Å². The molecule has 0 aliphatic heterocycles. The highest BCUT2D eigenvalue weighted by Crippen LogP contribution is 2.28. The van der Waals surface area contributed by atoms with E-state index in [1.165, 1.54) is 25.7 Å². The van der Waals surface area contributed by atoms with Crippen molar-refractivity contribution >= 4 is 29.9 Å². The number of hydrogen-bond acceptors (Lipinski definition) is 3. The predicted octanol–water partition coefficient (Wildman–Crippen LogP) is 2.99. The van der Waals surface area contributed by atoms with Gasteiger partial charge in [-0.05, 0) is 31.6 Å². The highest BCUT2D eigenvalue weighted by atomic mass is 127. The Kier molecular flexibility index (Phi) is 14.2. The Bertz CT molecular complexity index is 308. The lowest BCUT2D eigenvalue weighted by molar-refractivity contribution is 0.0747. The van der Waals surface area contributed by atoms with Crippen LogP contribution in [0.25, 0.3) is 0 Å². The smallest absolute Gasteiger partial charge is 0.193 e. The van der Waals surface area contributed by atoms with Gasteiger partial charge >= 0.3 is 0 Å². The van der Waals surface area contributed by atoms with E-state index in [2.05, 4.69) is 36.1 Å². The second kappa shape index (κ2) is 14.3. The van der Waals surface area contributed by atoms with Crippen LogP contribution in [-0.2, 0) is 9.47 Å². The Morgan fingerprint density at radius 2 is 1.87 bits per heavy atom. The molecular weight excluding hydrogens is 405 g/mol. The molecule has 1 saturated carbocycles. The van der Waals surface area contributed by atoms with E-state index in [-0.39, 0.29) is 24.0 Å². The van der Waals surface area contributed by atoms with Crippen molar-refractivity contribution < 1.29 is 9.47 Å². The molecule has 0 radical (unpaired) electrons. The molecule has 0 spiro atoms. The number of nitrogens with one attached hydrogen (secondary N) is 1. The number of guanidine groups is 1. The van der Waals surface area contributed by atoms with Gasteiger partial charge in [-0.2, -0.15) is 0 Å². The van der Waals surface area contributed by atoms with Crippen LogP contribution < -0.4 is 5.32 Å². The summed E-state index contributed by atoms with van der Waals surface area (Å²) < 4.78 is 10.4. The lowest BCUT2D eigenvalue weighted by Gasteiger charge is -2.31. The summed E-state index contributed by atoms with van der Waals surface area (Å²) in [5.74, 6) is 2.71. The molecule has 1 N–H and O–H groups in total. The highest BCUT2D eigenvalue weighted by molar-refractivity contribution is 14.0. The summed E-state index contributed by atoms with van der Waals surface area (Å²) in [6.45, 7) is 9.10. The van der Waals surface area contributed by atoms with Crippen molar-refractivity contribution in [2.75, 3.05) is 53.6 Å². The van der Waals surface area contributed by atoms with E-state index in [1.807, 2.05) is 0 Å². The van der Waals surface area contributed by atoms with Crippen LogP contribution in [0, 0.1) is 11.8 Å². The Morgan fingerprint density at radius 3 is 2.48 bits per heavy atom. The second-order valence-corrected chi connectivity index (χ2v) is 6.35. The zero-order valence-electron chi connectivity index (χ0n) is 15.3. The lowest BCUT2D eigenvalue weighted by Crippen LogP contribution is -2.42. The molecule has 0 heterocycles. The van der Waals surface area contributed by atoms with Gasteiger partial charge < -0.3 is 19.7 Å². The lowest BCUT2D eigenvalue weighted by atomic mass is 9.83. The summed E-state index contributed by atoms with van der Waals surface area (Å²) in [4.78, 5) is 6.93. The van der Waals surface area contributed by atoms with E-state index in [4.69, 9.17) is 9.47 Å². The van der Waals surface area contributed by atoms with Crippen molar-refractivity contribution in [1.82, 2.24) is 10.2 Å². The fourth-order valence-electron chi connectivity index (χ4n) is 2.92. The predicted molar refractivity (Wildman–Crippen MR) is 108 cm³/mol. The van der Waals surface area contributed by atoms with Crippen LogP contribution >= 0.6 is 24.0 Å². The molecule has 1 fully saturated rings. The minimum absolute atomic E-state index is 0. The first-order chi connectivity index (χ1) is 10.7. The molecule has 0 aromatic rings. The van der Waals surface area contributed by atoms with Gasteiger partial charge in [-0.25, -0.2) is 0 Å². The normalized spacial score (nSPS) is 21.7. The Balaban J connectivity index is 0.00000484. The molecule has 0 atom stereocenters. The molecule has 5 nitrogen and oxygen atoms in total. The number of hydrogen-bond donors (Lipinski definition) is 1. The van der Waals surface area contributed by atoms with Crippen molar-refractivity contribution in [3.05, 3.63) is 0 Å². The standard InChI is InChI=1S/C17H35N3O2.HI/c1-5-18-17(19-10-11-22-13-12-21-4)20(3)14-16-8-6-15(2)7-9-16;/h15-16H,5-14H2,1-4H3,(H,18,19);1H. The summed E-state index contributed by atoms with van der Waals surface area (Å²) in [5.41, 5.74) is 0. The molecule has 1 aliphatic carbocycles. The number of halogens is 1. The van der Waals surface area contributed by atoms with Crippen molar-refractivity contribution in [2.24, 2.45) is 16.8 Å². The van der Waals surface area contributed by atoms with E-state index in [0.29, 0.717) is 26.4 Å². The zero-order chi connectivity index (χ0) is 16.2. The highest BCUT2D eigenvalue weighted by Gasteiger charge is 2.20. The Labute approximate surface area is 159 Å². The summed E-state index contributed by atoms with van der Waals surface area (Å²) in [7, 11) is 3.83. The van der Waals surface area contributed by atoms with Gasteiger partial charge in [0.25, 0.3) is 0 Å². The maximum absolute atomic E-state index is 5.47. The largest absolute Gasteiger partial charge is 0.382 e. The summed E-state index contributed by atoms with van der Waals surface area (Å²) in [6.07, 6.45) is 5.45. The van der Waals surface area contributed by atoms with E-state index in [0.717, 1.165) is 30.9 Å².